The highest BCUT2D eigenvalue weighted by Gasteiger charge is 2.41. The zero-order chi connectivity index (χ0) is 33.9. The third-order valence-corrected chi connectivity index (χ3v) is 9.72. The van der Waals surface area contributed by atoms with Crippen LogP contribution in [0.5, 0.6) is 0 Å². The largest absolute Gasteiger partial charge is 0.343 e. The van der Waals surface area contributed by atoms with Crippen molar-refractivity contribution >= 4 is 35.2 Å². The maximum atomic E-state index is 13.9. The third-order valence-electron chi connectivity index (χ3n) is 9.72. The summed E-state index contributed by atoms with van der Waals surface area (Å²) in [6, 6.07) is -3.65. The predicted molar refractivity (Wildman–Crippen MR) is 180 cm³/mol. The van der Waals surface area contributed by atoms with Crippen LogP contribution in [0.2, 0.25) is 0 Å². The second-order valence-electron chi connectivity index (χ2n) is 13.5. The molecule has 0 bridgehead atoms. The maximum Gasteiger partial charge on any atom is 0.246 e. The SMILES string of the molecule is CCCCCCCCCCC(=O)C[C@@H]1NC(=O)[C@H](CCCCCC(=O)CC)NC(=O)[C@H]2CCCCN2C(=O)[C@H]([C@@H](C)CC)NC1=O. The van der Waals surface area contributed by atoms with Gasteiger partial charge < -0.3 is 20.9 Å². The van der Waals surface area contributed by atoms with Crippen molar-refractivity contribution in [2.75, 3.05) is 6.54 Å². The zero-order valence-corrected chi connectivity index (χ0v) is 29.1. The number of rotatable bonds is 20. The lowest BCUT2D eigenvalue weighted by Gasteiger charge is -2.39. The highest BCUT2D eigenvalue weighted by atomic mass is 16.2. The fourth-order valence-electron chi connectivity index (χ4n) is 6.41. The number of hydrogen-bond donors (Lipinski definition) is 3. The Kier molecular flexibility index (Phi) is 18.8. The Hall–Kier alpha value is -2.78. The molecule has 4 amide bonds. The van der Waals surface area contributed by atoms with Crippen molar-refractivity contribution < 1.29 is 28.8 Å². The molecule has 0 aliphatic carbocycles. The van der Waals surface area contributed by atoms with E-state index in [0.29, 0.717) is 57.9 Å². The fraction of sp³-hybridized carbons (Fsp3) is 0.833. The number of unbranched alkanes of at least 4 members (excludes halogenated alkanes) is 9. The van der Waals surface area contributed by atoms with Gasteiger partial charge in [0.05, 0.1) is 0 Å². The second kappa shape index (κ2) is 21.9. The molecule has 5 atom stereocenters. The number of nitrogens with zero attached hydrogens (tertiary/aromatic N) is 1. The van der Waals surface area contributed by atoms with Gasteiger partial charge in [-0.25, -0.2) is 0 Å². The molecule has 0 saturated carbocycles. The molecule has 2 fully saturated rings. The number of carbonyl (C=O) groups is 6. The molecule has 10 nitrogen and oxygen atoms in total. The highest BCUT2D eigenvalue weighted by Crippen LogP contribution is 2.22. The maximum absolute atomic E-state index is 13.9. The first-order valence-corrected chi connectivity index (χ1v) is 18.4. The summed E-state index contributed by atoms with van der Waals surface area (Å²) in [6.45, 7) is 8.26. The quantitative estimate of drug-likeness (QED) is 0.153. The lowest BCUT2D eigenvalue weighted by molar-refractivity contribution is -0.148. The minimum atomic E-state index is -1.15. The van der Waals surface area contributed by atoms with Crippen LogP contribution < -0.4 is 16.0 Å². The van der Waals surface area contributed by atoms with Crippen LogP contribution in [-0.4, -0.2) is 70.8 Å². The summed E-state index contributed by atoms with van der Waals surface area (Å²) in [5, 5.41) is 8.57. The van der Waals surface area contributed by atoms with Crippen LogP contribution in [0.1, 0.15) is 156 Å². The molecule has 3 N–H and O–H groups in total. The van der Waals surface area contributed by atoms with Gasteiger partial charge in [0, 0.05) is 32.2 Å². The molecule has 0 aromatic rings. The summed E-state index contributed by atoms with van der Waals surface area (Å²) in [5.41, 5.74) is 0. The van der Waals surface area contributed by atoms with E-state index in [1.54, 1.807) is 4.90 Å². The van der Waals surface area contributed by atoms with Crippen LogP contribution in [-0.2, 0) is 28.8 Å². The van der Waals surface area contributed by atoms with Crippen LogP contribution in [0.3, 0.4) is 0 Å². The Morgan fingerprint density at radius 2 is 1.30 bits per heavy atom. The molecular weight excluding hydrogens is 584 g/mol. The van der Waals surface area contributed by atoms with Crippen LogP contribution in [0.4, 0.5) is 0 Å². The number of amides is 4. The molecule has 0 aromatic carbocycles. The van der Waals surface area contributed by atoms with Crippen LogP contribution >= 0.6 is 0 Å². The number of Topliss-reactive ketones (excluding diaryl/α,β-unsaturated/α-hetero) is 2. The molecule has 262 valence electrons. The number of piperidine rings is 1. The number of hydrogen-bond acceptors (Lipinski definition) is 6. The molecule has 2 rings (SSSR count). The summed E-state index contributed by atoms with van der Waals surface area (Å²) >= 11 is 0. The first-order valence-electron chi connectivity index (χ1n) is 18.4. The van der Waals surface area contributed by atoms with Crippen molar-refractivity contribution in [2.24, 2.45) is 5.92 Å². The number of carbonyl (C=O) groups excluding carboxylic acids is 6. The van der Waals surface area contributed by atoms with E-state index >= 15 is 0 Å². The number of ketones is 2. The first kappa shape index (κ1) is 39.4. The standard InChI is InChI=1S/C36H62N4O6/c1-5-8-9-10-11-12-13-15-21-28(42)25-30-34(44)39-32(26(4)6-2)36(46)40-24-19-18-23-31(40)35(45)37-29(33(43)38-30)22-17-14-16-20-27(41)7-3/h26,29-32H,5-25H2,1-4H3,(H,37,45)(H,38,43)(H,39,44)/t26-,29-,30-,31+,32-/m0/s1. The second-order valence-corrected chi connectivity index (χ2v) is 13.5. The van der Waals surface area contributed by atoms with Gasteiger partial charge in [0.2, 0.25) is 23.6 Å². The van der Waals surface area contributed by atoms with Crippen molar-refractivity contribution in [1.82, 2.24) is 20.9 Å². The fourth-order valence-corrected chi connectivity index (χ4v) is 6.41. The van der Waals surface area contributed by atoms with E-state index in [0.717, 1.165) is 44.9 Å². The molecule has 0 unspecified atom stereocenters. The van der Waals surface area contributed by atoms with Gasteiger partial charge in [-0.15, -0.1) is 0 Å². The summed E-state index contributed by atoms with van der Waals surface area (Å²) in [5.74, 6) is -1.84. The monoisotopic (exact) mass is 646 g/mol. The van der Waals surface area contributed by atoms with Gasteiger partial charge in [-0.2, -0.15) is 0 Å². The van der Waals surface area contributed by atoms with Crippen LogP contribution in [0, 0.1) is 5.92 Å². The van der Waals surface area contributed by atoms with E-state index in [9.17, 15) is 28.8 Å². The third kappa shape index (κ3) is 13.5. The molecule has 2 saturated heterocycles. The zero-order valence-electron chi connectivity index (χ0n) is 29.1. The van der Waals surface area contributed by atoms with E-state index in [1.807, 2.05) is 20.8 Å². The molecular formula is C36H62N4O6. The van der Waals surface area contributed by atoms with Gasteiger partial charge in [-0.1, -0.05) is 91.9 Å². The summed E-state index contributed by atoms with van der Waals surface area (Å²) in [7, 11) is 0. The molecule has 2 aliphatic rings. The van der Waals surface area contributed by atoms with Crippen molar-refractivity contribution in [3.8, 4) is 0 Å². The predicted octanol–water partition coefficient (Wildman–Crippen LogP) is 5.30. The summed E-state index contributed by atoms with van der Waals surface area (Å²) in [6.07, 6.45) is 15.0. The topological polar surface area (TPSA) is 142 Å². The molecule has 46 heavy (non-hydrogen) atoms. The van der Waals surface area contributed by atoms with E-state index in [-0.39, 0.29) is 35.7 Å². The lowest BCUT2D eigenvalue weighted by Crippen LogP contribution is -2.64. The normalized spacial score (nSPS) is 23.3. The summed E-state index contributed by atoms with van der Waals surface area (Å²) in [4.78, 5) is 81.4. The molecule has 10 heteroatoms. The Morgan fingerprint density at radius 1 is 0.717 bits per heavy atom. The van der Waals surface area contributed by atoms with Gasteiger partial charge >= 0.3 is 0 Å². The Bertz CT molecular complexity index is 1000. The van der Waals surface area contributed by atoms with Crippen molar-refractivity contribution in [1.29, 1.82) is 0 Å². The van der Waals surface area contributed by atoms with Gasteiger partial charge in [-0.3, -0.25) is 28.8 Å². The van der Waals surface area contributed by atoms with Gasteiger partial charge in [0.15, 0.2) is 0 Å². The molecule has 0 spiro atoms. The minimum absolute atomic E-state index is 0.109. The van der Waals surface area contributed by atoms with Gasteiger partial charge in [0.25, 0.3) is 0 Å². The first-order chi connectivity index (χ1) is 22.1. The van der Waals surface area contributed by atoms with E-state index in [2.05, 4.69) is 22.9 Å². The Morgan fingerprint density at radius 3 is 1.96 bits per heavy atom. The molecule has 0 radical (unpaired) electrons. The van der Waals surface area contributed by atoms with Crippen molar-refractivity contribution in [3.05, 3.63) is 0 Å². The average Bonchev–Trinajstić information content (AvgIpc) is 3.05. The van der Waals surface area contributed by atoms with Crippen LogP contribution in [0.15, 0.2) is 0 Å². The number of nitrogens with one attached hydrogen (secondary N) is 3. The van der Waals surface area contributed by atoms with Crippen molar-refractivity contribution in [3.63, 3.8) is 0 Å². The van der Waals surface area contributed by atoms with E-state index in [1.165, 1.54) is 25.7 Å². The van der Waals surface area contributed by atoms with Crippen molar-refractivity contribution in [2.45, 2.75) is 180 Å². The van der Waals surface area contributed by atoms with Crippen LogP contribution in [0.25, 0.3) is 0 Å². The smallest absolute Gasteiger partial charge is 0.246 e. The van der Waals surface area contributed by atoms with Gasteiger partial charge in [0.1, 0.15) is 35.7 Å². The molecule has 2 heterocycles. The van der Waals surface area contributed by atoms with E-state index < -0.39 is 36.0 Å². The molecule has 0 aromatic heterocycles. The van der Waals surface area contributed by atoms with E-state index in [4.69, 9.17) is 0 Å². The minimum Gasteiger partial charge on any atom is -0.343 e. The van der Waals surface area contributed by atoms with Gasteiger partial charge in [-0.05, 0) is 44.4 Å². The average molecular weight is 647 g/mol. The Labute approximate surface area is 277 Å². The molecule has 2 aliphatic heterocycles. The Balaban J connectivity index is 2.21. The highest BCUT2D eigenvalue weighted by molar-refractivity contribution is 5.99. The number of fused-ring (bicyclic) bond motifs is 1. The lowest BCUT2D eigenvalue weighted by atomic mass is 9.93. The summed E-state index contributed by atoms with van der Waals surface area (Å²) < 4.78 is 0.